The fourth-order valence-electron chi connectivity index (χ4n) is 5.79. The smallest absolute Gasteiger partial charge is 0.338 e. The maximum absolute atomic E-state index is 14.4. The van der Waals surface area contributed by atoms with Crippen LogP contribution in [0.2, 0.25) is 0 Å². The number of piperazine rings is 1. The average molecular weight is 656 g/mol. The molecular weight excluding hydrogens is 623 g/mol. The van der Waals surface area contributed by atoms with Crippen molar-refractivity contribution in [3.63, 3.8) is 0 Å². The molecule has 46 heavy (non-hydrogen) atoms. The van der Waals surface area contributed by atoms with Gasteiger partial charge < -0.3 is 14.5 Å². The number of thiazole rings is 1. The van der Waals surface area contributed by atoms with Crippen molar-refractivity contribution in [3.8, 4) is 0 Å². The molecule has 0 aliphatic carbocycles. The average Bonchev–Trinajstić information content (AvgIpc) is 3.38. The van der Waals surface area contributed by atoms with Gasteiger partial charge in [0.15, 0.2) is 4.80 Å². The number of esters is 1. The van der Waals surface area contributed by atoms with Crippen molar-refractivity contribution in [1.29, 1.82) is 0 Å². The Bertz CT molecular complexity index is 2000. The third kappa shape index (κ3) is 6.15. The van der Waals surface area contributed by atoms with Crippen LogP contribution < -0.4 is 19.8 Å². The van der Waals surface area contributed by atoms with Gasteiger partial charge in [0.2, 0.25) is 0 Å². The molecule has 0 spiro atoms. The van der Waals surface area contributed by atoms with Gasteiger partial charge in [-0.3, -0.25) is 19.5 Å². The first-order valence-electron chi connectivity index (χ1n) is 14.9. The minimum absolute atomic E-state index is 0.0559. The quantitative estimate of drug-likeness (QED) is 0.120. The lowest BCUT2D eigenvalue weighted by atomic mass is 9.93. The minimum Gasteiger partial charge on any atom is -0.463 e. The van der Waals surface area contributed by atoms with Crippen LogP contribution in [0.25, 0.3) is 11.8 Å². The molecular formula is C34H33N5O5S2. The van der Waals surface area contributed by atoms with Gasteiger partial charge >= 0.3 is 5.97 Å². The number of anilines is 1. The molecule has 3 heterocycles. The van der Waals surface area contributed by atoms with Crippen LogP contribution in [0.1, 0.15) is 29.7 Å². The van der Waals surface area contributed by atoms with Crippen molar-refractivity contribution in [2.75, 3.05) is 51.0 Å². The monoisotopic (exact) mass is 655 g/mol. The largest absolute Gasteiger partial charge is 0.463 e. The number of nitrogens with zero attached hydrogens (tertiary/aromatic N) is 5. The first-order chi connectivity index (χ1) is 22.3. The molecule has 2 aliphatic rings. The summed E-state index contributed by atoms with van der Waals surface area (Å²) in [7, 11) is 2.06. The third-order valence-corrected chi connectivity index (χ3v) is 9.88. The molecule has 236 valence electrons. The van der Waals surface area contributed by atoms with Gasteiger partial charge in [0.05, 0.1) is 33.4 Å². The van der Waals surface area contributed by atoms with E-state index in [1.807, 2.05) is 60.9 Å². The molecule has 3 aromatic carbocycles. The summed E-state index contributed by atoms with van der Waals surface area (Å²) in [6, 6.07) is 21.2. The standard InChI is InChI=1S/C34H33N5O5S2/c1-4-44-33(41)29-30(22-8-6-5-7-9-22)35-34-38(31(29)23-10-13-26(45-3)14-11-23)32(40)28(46-34)21-24-20-25(39(42)43)12-15-27(24)37-18-16-36(2)17-19-37/h5-15,20-21,31H,4,16-19H2,1-3H3. The Morgan fingerprint density at radius 1 is 1.09 bits per heavy atom. The van der Waals surface area contributed by atoms with E-state index in [9.17, 15) is 19.7 Å². The molecule has 6 rings (SSSR count). The molecule has 1 saturated heterocycles. The normalized spacial score (nSPS) is 17.1. The van der Waals surface area contributed by atoms with Gasteiger partial charge in [0.1, 0.15) is 0 Å². The van der Waals surface area contributed by atoms with Crippen LogP contribution >= 0.6 is 23.1 Å². The van der Waals surface area contributed by atoms with E-state index in [1.54, 1.807) is 35.4 Å². The minimum atomic E-state index is -0.800. The van der Waals surface area contributed by atoms with E-state index in [2.05, 4.69) is 16.8 Å². The molecule has 0 bridgehead atoms. The fraction of sp³-hybridized carbons (Fsp3) is 0.265. The summed E-state index contributed by atoms with van der Waals surface area (Å²) in [5, 5.41) is 11.8. The third-order valence-electron chi connectivity index (χ3n) is 8.16. The highest BCUT2D eigenvalue weighted by Crippen LogP contribution is 2.36. The lowest BCUT2D eigenvalue weighted by molar-refractivity contribution is -0.384. The Kier molecular flexibility index (Phi) is 9.20. The Hall–Kier alpha value is -4.52. The molecule has 0 amide bonds. The maximum Gasteiger partial charge on any atom is 0.338 e. The summed E-state index contributed by atoms with van der Waals surface area (Å²) in [5.41, 5.74) is 3.20. The second-order valence-corrected chi connectivity index (χ2v) is 12.9. The van der Waals surface area contributed by atoms with E-state index in [0.29, 0.717) is 20.6 Å². The van der Waals surface area contributed by atoms with E-state index in [1.165, 1.54) is 23.5 Å². The molecule has 1 unspecified atom stereocenters. The highest BCUT2D eigenvalue weighted by Gasteiger charge is 2.35. The number of ether oxygens (including phenoxy) is 1. The number of nitro benzene ring substituents is 1. The van der Waals surface area contributed by atoms with Crippen LogP contribution in [0.5, 0.6) is 0 Å². The van der Waals surface area contributed by atoms with Crippen LogP contribution in [0, 0.1) is 10.1 Å². The highest BCUT2D eigenvalue weighted by molar-refractivity contribution is 7.98. The van der Waals surface area contributed by atoms with Crippen molar-refractivity contribution >= 4 is 52.2 Å². The van der Waals surface area contributed by atoms with Crippen molar-refractivity contribution in [3.05, 3.63) is 125 Å². The number of benzene rings is 3. The maximum atomic E-state index is 14.4. The second kappa shape index (κ2) is 13.5. The molecule has 1 atom stereocenters. The number of fused-ring (bicyclic) bond motifs is 1. The molecule has 1 fully saturated rings. The lowest BCUT2D eigenvalue weighted by Gasteiger charge is -2.34. The highest BCUT2D eigenvalue weighted by atomic mass is 32.2. The molecule has 0 saturated carbocycles. The number of hydrogen-bond donors (Lipinski definition) is 0. The van der Waals surface area contributed by atoms with E-state index >= 15 is 0 Å². The topological polar surface area (TPSA) is 110 Å². The first-order valence-corrected chi connectivity index (χ1v) is 17.0. The van der Waals surface area contributed by atoms with Gasteiger partial charge in [0, 0.05) is 60.0 Å². The molecule has 4 aromatic rings. The van der Waals surface area contributed by atoms with Crippen molar-refractivity contribution in [1.82, 2.24) is 9.47 Å². The number of aromatic nitrogens is 1. The number of thioether (sulfide) groups is 1. The van der Waals surface area contributed by atoms with Crippen molar-refractivity contribution in [2.24, 2.45) is 4.99 Å². The number of non-ortho nitro benzene ring substituents is 1. The zero-order valence-electron chi connectivity index (χ0n) is 25.7. The number of likely N-dealkylation sites (N-methyl/N-ethyl adjacent to an activating group) is 1. The summed E-state index contributed by atoms with van der Waals surface area (Å²) in [4.78, 5) is 50.3. The van der Waals surface area contributed by atoms with Crippen LogP contribution in [-0.2, 0) is 9.53 Å². The summed E-state index contributed by atoms with van der Waals surface area (Å²) < 4.78 is 7.47. The Morgan fingerprint density at radius 2 is 1.80 bits per heavy atom. The van der Waals surface area contributed by atoms with Gasteiger partial charge in [0.25, 0.3) is 11.2 Å². The van der Waals surface area contributed by atoms with Crippen molar-refractivity contribution < 1.29 is 14.5 Å². The predicted molar refractivity (Wildman–Crippen MR) is 182 cm³/mol. The van der Waals surface area contributed by atoms with Crippen molar-refractivity contribution in [2.45, 2.75) is 17.9 Å². The summed E-state index contributed by atoms with van der Waals surface area (Å²) in [6.07, 6.45) is 3.70. The number of carbonyl (C=O) groups excluding carboxylic acids is 1. The van der Waals surface area contributed by atoms with Crippen LogP contribution in [0.3, 0.4) is 0 Å². The molecule has 0 N–H and O–H groups in total. The Labute approximate surface area is 274 Å². The fourth-order valence-corrected chi connectivity index (χ4v) is 7.19. The van der Waals surface area contributed by atoms with Crippen LogP contribution in [0.15, 0.2) is 93.1 Å². The summed E-state index contributed by atoms with van der Waals surface area (Å²) in [6.45, 7) is 5.13. The Balaban J connectivity index is 1.60. The molecule has 0 radical (unpaired) electrons. The lowest BCUT2D eigenvalue weighted by Crippen LogP contribution is -2.44. The van der Waals surface area contributed by atoms with E-state index in [0.717, 1.165) is 47.9 Å². The predicted octanol–water partition coefficient (Wildman–Crippen LogP) is 4.32. The number of carbonyl (C=O) groups is 1. The first kappa shape index (κ1) is 31.5. The van der Waals surface area contributed by atoms with E-state index in [4.69, 9.17) is 9.73 Å². The van der Waals surface area contributed by atoms with Crippen LogP contribution in [-0.4, -0.2) is 66.4 Å². The Morgan fingerprint density at radius 3 is 2.46 bits per heavy atom. The van der Waals surface area contributed by atoms with Gasteiger partial charge in [-0.25, -0.2) is 9.79 Å². The van der Waals surface area contributed by atoms with Crippen LogP contribution in [0.4, 0.5) is 11.4 Å². The second-order valence-electron chi connectivity index (χ2n) is 11.0. The van der Waals surface area contributed by atoms with Gasteiger partial charge in [-0.2, -0.15) is 0 Å². The molecule has 12 heteroatoms. The number of hydrogen-bond acceptors (Lipinski definition) is 10. The van der Waals surface area contributed by atoms with E-state index in [-0.39, 0.29) is 23.4 Å². The molecule has 2 aliphatic heterocycles. The zero-order chi connectivity index (χ0) is 32.4. The molecule has 10 nitrogen and oxygen atoms in total. The summed E-state index contributed by atoms with van der Waals surface area (Å²) >= 11 is 2.80. The zero-order valence-corrected chi connectivity index (χ0v) is 27.3. The van der Waals surface area contributed by atoms with Gasteiger partial charge in [-0.1, -0.05) is 53.8 Å². The van der Waals surface area contributed by atoms with Gasteiger partial charge in [-0.15, -0.1) is 11.8 Å². The number of nitro groups is 1. The van der Waals surface area contributed by atoms with E-state index < -0.39 is 16.9 Å². The number of rotatable bonds is 8. The summed E-state index contributed by atoms with van der Waals surface area (Å²) in [5.74, 6) is -0.547. The van der Waals surface area contributed by atoms with Gasteiger partial charge in [-0.05, 0) is 50.1 Å². The molecule has 1 aromatic heterocycles. The SMILES string of the molecule is CCOC(=O)C1=C(c2ccccc2)N=c2sc(=Cc3cc([N+](=O)[O-])ccc3N3CCN(C)CC3)c(=O)n2C1c1ccc(SC)cc1.